The van der Waals surface area contributed by atoms with E-state index in [1.165, 1.54) is 11.8 Å². The van der Waals surface area contributed by atoms with Crippen LogP contribution in [-0.2, 0) is 16.0 Å². The van der Waals surface area contributed by atoms with Crippen molar-refractivity contribution in [3.05, 3.63) is 84.3 Å². The average Bonchev–Trinajstić information content (AvgIpc) is 3.39. The van der Waals surface area contributed by atoms with E-state index in [4.69, 9.17) is 4.42 Å². The van der Waals surface area contributed by atoms with Crippen LogP contribution in [0.25, 0.3) is 17.1 Å². The quantitative estimate of drug-likeness (QED) is 0.447. The van der Waals surface area contributed by atoms with Crippen molar-refractivity contribution in [2.75, 3.05) is 5.75 Å². The first-order valence-corrected chi connectivity index (χ1v) is 10.6. The summed E-state index contributed by atoms with van der Waals surface area (Å²) in [5, 5.41) is 11.6. The van der Waals surface area contributed by atoms with Crippen LogP contribution in [0, 0.1) is 6.92 Å². The van der Waals surface area contributed by atoms with Gasteiger partial charge in [0, 0.05) is 5.69 Å². The van der Waals surface area contributed by atoms with Crippen molar-refractivity contribution < 1.29 is 14.0 Å². The molecule has 1 N–H and O–H groups in total. The van der Waals surface area contributed by atoms with E-state index in [1.807, 2.05) is 78.2 Å². The molecule has 0 atom stereocenters. The molecule has 4 rings (SSSR count). The van der Waals surface area contributed by atoms with Crippen LogP contribution >= 0.6 is 11.8 Å². The van der Waals surface area contributed by atoms with Gasteiger partial charge in [-0.25, -0.2) is 0 Å². The fourth-order valence-electron chi connectivity index (χ4n) is 3.11. The van der Waals surface area contributed by atoms with E-state index in [2.05, 4.69) is 15.5 Å². The first-order chi connectivity index (χ1) is 15.1. The maximum atomic E-state index is 12.3. The summed E-state index contributed by atoms with van der Waals surface area (Å²) in [6.07, 6.45) is 1.76. The number of hydrogen-bond acceptors (Lipinski definition) is 6. The molecule has 7 nitrogen and oxygen atoms in total. The van der Waals surface area contributed by atoms with E-state index in [9.17, 15) is 9.59 Å². The number of carbonyl (C=O) groups is 2. The highest BCUT2D eigenvalue weighted by molar-refractivity contribution is 7.99. The Morgan fingerprint density at radius 2 is 1.68 bits per heavy atom. The number of imide groups is 1. The van der Waals surface area contributed by atoms with Crippen LogP contribution in [0.2, 0.25) is 0 Å². The maximum absolute atomic E-state index is 12.3. The first kappa shape index (κ1) is 20.6. The van der Waals surface area contributed by atoms with Gasteiger partial charge in [-0.3, -0.25) is 19.5 Å². The number of benzene rings is 2. The second-order valence-electron chi connectivity index (χ2n) is 6.79. The van der Waals surface area contributed by atoms with Gasteiger partial charge in [0.05, 0.1) is 24.0 Å². The van der Waals surface area contributed by atoms with Gasteiger partial charge < -0.3 is 4.42 Å². The number of aromatic nitrogens is 3. The molecule has 2 heterocycles. The van der Waals surface area contributed by atoms with Crippen molar-refractivity contribution in [1.82, 2.24) is 20.1 Å². The normalized spacial score (nSPS) is 10.7. The van der Waals surface area contributed by atoms with Gasteiger partial charge in [0.15, 0.2) is 11.0 Å². The molecule has 0 bridgehead atoms. The number of para-hydroxylation sites is 1. The standard InChI is InChI=1S/C23H20N4O3S/c1-16-19(12-13-30-16)22-25-26-23(27(22)18-10-6-3-7-11-18)31-15-21(29)24-20(28)14-17-8-4-2-5-9-17/h2-13H,14-15H2,1H3,(H,24,28,29). The number of thioether (sulfide) groups is 1. The summed E-state index contributed by atoms with van der Waals surface area (Å²) in [5.74, 6) is 0.673. The molecule has 2 aromatic carbocycles. The molecule has 0 aliphatic heterocycles. The molecule has 0 aliphatic rings. The van der Waals surface area contributed by atoms with Crippen LogP contribution < -0.4 is 5.32 Å². The van der Waals surface area contributed by atoms with Crippen molar-refractivity contribution in [2.45, 2.75) is 18.5 Å². The monoisotopic (exact) mass is 432 g/mol. The summed E-state index contributed by atoms with van der Waals surface area (Å²) >= 11 is 1.22. The van der Waals surface area contributed by atoms with Crippen molar-refractivity contribution in [3.63, 3.8) is 0 Å². The first-order valence-electron chi connectivity index (χ1n) is 9.66. The van der Waals surface area contributed by atoms with Gasteiger partial charge in [-0.05, 0) is 30.7 Å². The summed E-state index contributed by atoms with van der Waals surface area (Å²) in [6, 6.07) is 20.8. The van der Waals surface area contributed by atoms with E-state index in [0.717, 1.165) is 22.6 Å². The molecule has 4 aromatic rings. The van der Waals surface area contributed by atoms with Gasteiger partial charge >= 0.3 is 0 Å². The minimum absolute atomic E-state index is 0.0376. The summed E-state index contributed by atoms with van der Waals surface area (Å²) in [6.45, 7) is 1.86. The van der Waals surface area contributed by atoms with Crippen LogP contribution in [0.4, 0.5) is 0 Å². The molecule has 0 aliphatic carbocycles. The summed E-state index contributed by atoms with van der Waals surface area (Å²) < 4.78 is 7.30. The number of nitrogens with one attached hydrogen (secondary N) is 1. The van der Waals surface area contributed by atoms with Crippen LogP contribution in [0.1, 0.15) is 11.3 Å². The van der Waals surface area contributed by atoms with Crippen LogP contribution in [0.5, 0.6) is 0 Å². The van der Waals surface area contributed by atoms with E-state index >= 15 is 0 Å². The highest BCUT2D eigenvalue weighted by atomic mass is 32.2. The molecule has 2 amide bonds. The molecular weight excluding hydrogens is 412 g/mol. The number of furan rings is 1. The molecule has 156 valence electrons. The summed E-state index contributed by atoms with van der Waals surface area (Å²) in [5.41, 5.74) is 2.54. The third-order valence-corrected chi connectivity index (χ3v) is 5.50. The number of rotatable bonds is 7. The number of aryl methyl sites for hydroxylation is 1. The smallest absolute Gasteiger partial charge is 0.237 e. The molecular formula is C23H20N4O3S. The fourth-order valence-corrected chi connectivity index (χ4v) is 3.86. The predicted octanol–water partition coefficient (Wildman–Crippen LogP) is 3.81. The minimum atomic E-state index is -0.380. The number of hydrogen-bond donors (Lipinski definition) is 1. The Balaban J connectivity index is 1.48. The van der Waals surface area contributed by atoms with Crippen molar-refractivity contribution in [3.8, 4) is 17.1 Å². The van der Waals surface area contributed by atoms with Gasteiger partial charge in [0.1, 0.15) is 5.76 Å². The second-order valence-corrected chi connectivity index (χ2v) is 7.73. The minimum Gasteiger partial charge on any atom is -0.469 e. The van der Waals surface area contributed by atoms with E-state index < -0.39 is 0 Å². The Kier molecular flexibility index (Phi) is 6.28. The molecule has 0 saturated carbocycles. The molecule has 0 fully saturated rings. The lowest BCUT2D eigenvalue weighted by atomic mass is 10.1. The number of nitrogens with zero attached hydrogens (tertiary/aromatic N) is 3. The van der Waals surface area contributed by atoms with Gasteiger partial charge in [-0.1, -0.05) is 60.3 Å². The van der Waals surface area contributed by atoms with Gasteiger partial charge in [-0.15, -0.1) is 10.2 Å². The zero-order valence-corrected chi connectivity index (χ0v) is 17.6. The fraction of sp³-hybridized carbons (Fsp3) is 0.130. The van der Waals surface area contributed by atoms with E-state index in [-0.39, 0.29) is 24.0 Å². The average molecular weight is 433 g/mol. The Hall–Kier alpha value is -3.65. The SMILES string of the molecule is Cc1occc1-c1nnc(SCC(=O)NC(=O)Cc2ccccc2)n1-c1ccccc1. The maximum Gasteiger partial charge on any atom is 0.237 e. The van der Waals surface area contributed by atoms with Crippen LogP contribution in [-0.4, -0.2) is 32.3 Å². The molecule has 0 saturated heterocycles. The molecule has 31 heavy (non-hydrogen) atoms. The third kappa shape index (κ3) is 4.92. The highest BCUT2D eigenvalue weighted by Gasteiger charge is 2.20. The second kappa shape index (κ2) is 9.44. The molecule has 8 heteroatoms. The molecule has 0 radical (unpaired) electrons. The van der Waals surface area contributed by atoms with Crippen molar-refractivity contribution in [2.24, 2.45) is 0 Å². The Labute approximate surface area is 183 Å². The van der Waals surface area contributed by atoms with Gasteiger partial charge in [0.25, 0.3) is 0 Å². The zero-order chi connectivity index (χ0) is 21.6. The summed E-state index contributed by atoms with van der Waals surface area (Å²) in [7, 11) is 0. The lowest BCUT2D eigenvalue weighted by Gasteiger charge is -2.10. The van der Waals surface area contributed by atoms with Gasteiger partial charge in [-0.2, -0.15) is 0 Å². The lowest BCUT2D eigenvalue weighted by molar-refractivity contribution is -0.128. The topological polar surface area (TPSA) is 90.0 Å². The molecule has 0 spiro atoms. The lowest BCUT2D eigenvalue weighted by Crippen LogP contribution is -2.33. The van der Waals surface area contributed by atoms with Crippen LogP contribution in [0.3, 0.4) is 0 Å². The van der Waals surface area contributed by atoms with E-state index in [0.29, 0.717) is 11.0 Å². The third-order valence-electron chi connectivity index (χ3n) is 4.57. The molecule has 2 aromatic heterocycles. The Morgan fingerprint density at radius 1 is 0.968 bits per heavy atom. The Morgan fingerprint density at radius 3 is 2.35 bits per heavy atom. The number of carbonyl (C=O) groups excluding carboxylic acids is 2. The van der Waals surface area contributed by atoms with Crippen molar-refractivity contribution in [1.29, 1.82) is 0 Å². The van der Waals surface area contributed by atoms with Gasteiger partial charge in [0.2, 0.25) is 11.8 Å². The van der Waals surface area contributed by atoms with Crippen LogP contribution in [0.15, 0.2) is 82.6 Å². The summed E-state index contributed by atoms with van der Waals surface area (Å²) in [4.78, 5) is 24.5. The largest absolute Gasteiger partial charge is 0.469 e. The number of amides is 2. The zero-order valence-electron chi connectivity index (χ0n) is 16.8. The Bertz CT molecular complexity index is 1190. The predicted molar refractivity (Wildman–Crippen MR) is 118 cm³/mol. The van der Waals surface area contributed by atoms with E-state index in [1.54, 1.807) is 6.26 Å². The molecule has 0 unspecified atom stereocenters. The highest BCUT2D eigenvalue weighted by Crippen LogP contribution is 2.30. The van der Waals surface area contributed by atoms with Crippen molar-refractivity contribution >= 4 is 23.6 Å².